The highest BCUT2D eigenvalue weighted by molar-refractivity contribution is 6.06. The van der Waals surface area contributed by atoms with Gasteiger partial charge in [0.25, 0.3) is 11.8 Å². The molecule has 2 heterocycles. The number of rotatable bonds is 4. The molecule has 1 aliphatic rings. The summed E-state index contributed by atoms with van der Waals surface area (Å²) in [4.78, 5) is 31.8. The number of pyridine rings is 1. The van der Waals surface area contributed by atoms with E-state index in [2.05, 4.69) is 31.1 Å². The van der Waals surface area contributed by atoms with E-state index in [9.17, 15) is 9.59 Å². The lowest BCUT2D eigenvalue weighted by molar-refractivity contribution is 0.0677. The largest absolute Gasteiger partial charge is 0.337 e. The van der Waals surface area contributed by atoms with Crippen LogP contribution in [0.3, 0.4) is 0 Å². The molecule has 1 fully saturated rings. The van der Waals surface area contributed by atoms with E-state index >= 15 is 0 Å². The summed E-state index contributed by atoms with van der Waals surface area (Å²) in [6.07, 6.45) is 3.70. The van der Waals surface area contributed by atoms with Gasteiger partial charge in [-0.25, -0.2) is 0 Å². The van der Waals surface area contributed by atoms with Gasteiger partial charge in [-0.3, -0.25) is 14.6 Å². The Hall–Kier alpha value is -2.69. The molecule has 1 saturated heterocycles. The Morgan fingerprint density at radius 1 is 1.25 bits per heavy atom. The zero-order valence-corrected chi connectivity index (χ0v) is 17.2. The molecule has 148 valence electrons. The van der Waals surface area contributed by atoms with Gasteiger partial charge >= 0.3 is 0 Å². The quantitative estimate of drug-likeness (QED) is 0.842. The van der Waals surface area contributed by atoms with Crippen LogP contribution in [0.25, 0.3) is 0 Å². The predicted molar refractivity (Wildman–Crippen MR) is 112 cm³/mol. The van der Waals surface area contributed by atoms with E-state index in [-0.39, 0.29) is 11.8 Å². The molecular formula is C23H29N3O2. The van der Waals surface area contributed by atoms with Crippen molar-refractivity contribution in [3.8, 4) is 0 Å². The Kier molecular flexibility index (Phi) is 6.12. The average molecular weight is 380 g/mol. The van der Waals surface area contributed by atoms with Crippen LogP contribution in [-0.4, -0.2) is 34.8 Å². The van der Waals surface area contributed by atoms with Crippen molar-refractivity contribution in [1.29, 1.82) is 0 Å². The molecule has 0 aliphatic carbocycles. The van der Waals surface area contributed by atoms with Gasteiger partial charge in [-0.2, -0.15) is 0 Å². The number of carbonyl (C=O) groups is 2. The molecule has 5 heteroatoms. The van der Waals surface area contributed by atoms with Crippen LogP contribution in [0.5, 0.6) is 0 Å². The van der Waals surface area contributed by atoms with E-state index in [1.807, 2.05) is 30.0 Å². The topological polar surface area (TPSA) is 62.3 Å². The third kappa shape index (κ3) is 4.41. The van der Waals surface area contributed by atoms with Crippen LogP contribution in [0.1, 0.15) is 71.5 Å². The fourth-order valence-corrected chi connectivity index (χ4v) is 3.75. The van der Waals surface area contributed by atoms with Gasteiger partial charge in [0.1, 0.15) is 5.69 Å². The maximum atomic E-state index is 12.9. The molecule has 1 atom stereocenters. The van der Waals surface area contributed by atoms with Crippen LogP contribution in [0.2, 0.25) is 0 Å². The summed E-state index contributed by atoms with van der Waals surface area (Å²) in [7, 11) is 0. The van der Waals surface area contributed by atoms with Gasteiger partial charge in [-0.05, 0) is 54.9 Å². The van der Waals surface area contributed by atoms with Crippen LogP contribution in [0.4, 0.5) is 5.69 Å². The number of aromatic nitrogens is 1. The van der Waals surface area contributed by atoms with Crippen molar-refractivity contribution >= 4 is 17.5 Å². The fourth-order valence-electron chi connectivity index (χ4n) is 3.75. The molecule has 2 amide bonds. The third-order valence-electron chi connectivity index (χ3n) is 5.35. The van der Waals surface area contributed by atoms with Crippen molar-refractivity contribution in [1.82, 2.24) is 9.88 Å². The minimum absolute atomic E-state index is 0.0973. The number of benzene rings is 1. The zero-order valence-electron chi connectivity index (χ0n) is 17.2. The Balaban J connectivity index is 1.81. The number of carbonyl (C=O) groups excluding carboxylic acids is 2. The molecule has 28 heavy (non-hydrogen) atoms. The highest BCUT2D eigenvalue weighted by atomic mass is 16.2. The smallest absolute Gasteiger partial charge is 0.272 e. The van der Waals surface area contributed by atoms with E-state index in [0.717, 1.165) is 42.7 Å². The van der Waals surface area contributed by atoms with Gasteiger partial charge in [0, 0.05) is 30.5 Å². The van der Waals surface area contributed by atoms with Gasteiger partial charge in [0.15, 0.2) is 0 Å². The van der Waals surface area contributed by atoms with Crippen LogP contribution in [0, 0.1) is 12.8 Å². The fraction of sp³-hybridized carbons (Fsp3) is 0.435. The zero-order chi connectivity index (χ0) is 20.3. The van der Waals surface area contributed by atoms with Crippen LogP contribution in [-0.2, 0) is 0 Å². The number of para-hydroxylation sites is 1. The monoisotopic (exact) mass is 379 g/mol. The Morgan fingerprint density at radius 3 is 2.75 bits per heavy atom. The first-order valence-electron chi connectivity index (χ1n) is 10.0. The first-order chi connectivity index (χ1) is 13.4. The lowest BCUT2D eigenvalue weighted by Crippen LogP contribution is -2.39. The summed E-state index contributed by atoms with van der Waals surface area (Å²) < 4.78 is 0. The minimum Gasteiger partial charge on any atom is -0.337 e. The van der Waals surface area contributed by atoms with Crippen LogP contribution < -0.4 is 5.32 Å². The number of hydrogen-bond acceptors (Lipinski definition) is 3. The molecule has 0 saturated carbocycles. The highest BCUT2D eigenvalue weighted by Gasteiger charge is 2.23. The first kappa shape index (κ1) is 20.1. The molecule has 0 radical (unpaired) electrons. The maximum Gasteiger partial charge on any atom is 0.272 e. The molecule has 1 aromatic carbocycles. The number of anilines is 1. The van der Waals surface area contributed by atoms with Crippen LogP contribution >= 0.6 is 0 Å². The average Bonchev–Trinajstić information content (AvgIpc) is 2.68. The highest BCUT2D eigenvalue weighted by Crippen LogP contribution is 2.28. The molecule has 5 nitrogen and oxygen atoms in total. The number of amides is 2. The molecular weight excluding hydrogens is 350 g/mol. The lowest BCUT2D eigenvalue weighted by Gasteiger charge is -2.30. The van der Waals surface area contributed by atoms with Crippen molar-refractivity contribution in [3.05, 3.63) is 58.9 Å². The number of likely N-dealkylation sites (tertiary alicyclic amines) is 1. The standard InChI is InChI=1S/C23H29N3O2/c1-15(2)19-9-5-8-17(4)21(19)25-22(27)18-10-11-24-20(13-18)23(28)26-12-6-7-16(3)14-26/h5,8-11,13,15-16H,6-7,12,14H2,1-4H3,(H,25,27). The Bertz CT molecular complexity index is 876. The van der Waals surface area contributed by atoms with E-state index in [1.165, 1.54) is 6.20 Å². The Labute approximate surface area is 167 Å². The molecule has 1 aliphatic heterocycles. The number of hydrogen-bond donors (Lipinski definition) is 1. The second-order valence-corrected chi connectivity index (χ2v) is 8.08. The molecule has 0 spiro atoms. The summed E-state index contributed by atoms with van der Waals surface area (Å²) in [5, 5.41) is 3.04. The van der Waals surface area contributed by atoms with Gasteiger partial charge in [0.05, 0.1) is 0 Å². The minimum atomic E-state index is -0.223. The second kappa shape index (κ2) is 8.55. The summed E-state index contributed by atoms with van der Waals surface area (Å²) >= 11 is 0. The summed E-state index contributed by atoms with van der Waals surface area (Å²) in [5.41, 5.74) is 3.74. The normalized spacial score (nSPS) is 16.9. The third-order valence-corrected chi connectivity index (χ3v) is 5.35. The SMILES string of the molecule is Cc1cccc(C(C)C)c1NC(=O)c1ccnc(C(=O)N2CCCC(C)C2)c1. The summed E-state index contributed by atoms with van der Waals surface area (Å²) in [5.74, 6) is 0.477. The van der Waals surface area contributed by atoms with Crippen molar-refractivity contribution < 1.29 is 9.59 Å². The van der Waals surface area contributed by atoms with Crippen molar-refractivity contribution in [3.63, 3.8) is 0 Å². The van der Waals surface area contributed by atoms with Crippen molar-refractivity contribution in [2.45, 2.75) is 46.5 Å². The number of piperidine rings is 1. The molecule has 3 rings (SSSR count). The summed E-state index contributed by atoms with van der Waals surface area (Å²) in [6.45, 7) is 9.85. The molecule has 1 N–H and O–H groups in total. The Morgan fingerprint density at radius 2 is 2.04 bits per heavy atom. The second-order valence-electron chi connectivity index (χ2n) is 8.08. The van der Waals surface area contributed by atoms with E-state index < -0.39 is 0 Å². The number of nitrogens with one attached hydrogen (secondary N) is 1. The van der Waals surface area contributed by atoms with Gasteiger partial charge in [0.2, 0.25) is 0 Å². The van der Waals surface area contributed by atoms with Crippen molar-refractivity contribution in [2.24, 2.45) is 5.92 Å². The van der Waals surface area contributed by atoms with E-state index in [0.29, 0.717) is 23.1 Å². The van der Waals surface area contributed by atoms with E-state index in [1.54, 1.807) is 12.1 Å². The predicted octanol–water partition coefficient (Wildman–Crippen LogP) is 4.64. The first-order valence-corrected chi connectivity index (χ1v) is 10.0. The number of nitrogens with zero attached hydrogens (tertiary/aromatic N) is 2. The summed E-state index contributed by atoms with van der Waals surface area (Å²) in [6, 6.07) is 9.28. The van der Waals surface area contributed by atoms with E-state index in [4.69, 9.17) is 0 Å². The van der Waals surface area contributed by atoms with Crippen molar-refractivity contribution in [2.75, 3.05) is 18.4 Å². The van der Waals surface area contributed by atoms with Gasteiger partial charge in [-0.15, -0.1) is 0 Å². The van der Waals surface area contributed by atoms with Gasteiger partial charge in [-0.1, -0.05) is 39.0 Å². The maximum absolute atomic E-state index is 12.9. The molecule has 0 bridgehead atoms. The van der Waals surface area contributed by atoms with Crippen LogP contribution in [0.15, 0.2) is 36.5 Å². The number of aryl methyl sites for hydroxylation is 1. The lowest BCUT2D eigenvalue weighted by atomic mass is 9.98. The molecule has 2 aromatic rings. The molecule has 1 unspecified atom stereocenters. The molecule has 1 aromatic heterocycles. The van der Waals surface area contributed by atoms with Gasteiger partial charge < -0.3 is 10.2 Å².